The average molecular weight is 429 g/mol. The fraction of sp³-hybridized carbons (Fsp3) is 0.318. The van der Waals surface area contributed by atoms with E-state index in [9.17, 15) is 18.0 Å². The molecule has 1 atom stereocenters. The molecule has 2 aromatic heterocycles. The number of aryl methyl sites for hydroxylation is 1. The SMILES string of the molecule is Cc1nc2[nH]c(=O)nc(N[C@H](C)c3cccc(C(F)F)c3F)c2cc1C1=CCNCC1. The Balaban J connectivity index is 1.77. The van der Waals surface area contributed by atoms with Crippen molar-refractivity contribution in [3.63, 3.8) is 0 Å². The van der Waals surface area contributed by atoms with Crippen LogP contribution in [0.5, 0.6) is 0 Å². The summed E-state index contributed by atoms with van der Waals surface area (Å²) in [6.45, 7) is 5.12. The molecular weight excluding hydrogens is 407 g/mol. The summed E-state index contributed by atoms with van der Waals surface area (Å²) in [5.74, 6) is -0.752. The fourth-order valence-corrected chi connectivity index (χ4v) is 3.83. The molecule has 9 heteroatoms. The summed E-state index contributed by atoms with van der Waals surface area (Å²) in [6, 6.07) is 5.07. The molecule has 4 rings (SSSR count). The van der Waals surface area contributed by atoms with Crippen molar-refractivity contribution in [1.82, 2.24) is 20.3 Å². The normalized spacial score (nSPS) is 15.2. The number of aromatic amines is 1. The topological polar surface area (TPSA) is 82.7 Å². The largest absolute Gasteiger partial charge is 0.363 e. The van der Waals surface area contributed by atoms with E-state index in [1.807, 2.05) is 13.0 Å². The second kappa shape index (κ2) is 8.50. The third-order valence-corrected chi connectivity index (χ3v) is 5.43. The van der Waals surface area contributed by atoms with Gasteiger partial charge in [-0.3, -0.25) is 4.98 Å². The molecule has 0 fully saturated rings. The highest BCUT2D eigenvalue weighted by atomic mass is 19.3. The van der Waals surface area contributed by atoms with E-state index in [1.54, 1.807) is 6.92 Å². The lowest BCUT2D eigenvalue weighted by atomic mass is 9.98. The smallest absolute Gasteiger partial charge is 0.348 e. The molecule has 31 heavy (non-hydrogen) atoms. The minimum absolute atomic E-state index is 0.0642. The van der Waals surface area contributed by atoms with E-state index < -0.39 is 29.5 Å². The number of aromatic nitrogens is 3. The molecule has 1 aromatic carbocycles. The van der Waals surface area contributed by atoms with Crippen molar-refractivity contribution in [2.24, 2.45) is 0 Å². The van der Waals surface area contributed by atoms with E-state index in [0.717, 1.165) is 42.4 Å². The maximum absolute atomic E-state index is 14.6. The van der Waals surface area contributed by atoms with E-state index in [-0.39, 0.29) is 11.4 Å². The summed E-state index contributed by atoms with van der Waals surface area (Å²) in [5, 5.41) is 6.84. The Hall–Kier alpha value is -3.20. The molecule has 1 aliphatic heterocycles. The monoisotopic (exact) mass is 429 g/mol. The Morgan fingerprint density at radius 1 is 1.19 bits per heavy atom. The van der Waals surface area contributed by atoms with Gasteiger partial charge < -0.3 is 10.6 Å². The molecule has 162 valence electrons. The second-order valence-corrected chi connectivity index (χ2v) is 7.51. The van der Waals surface area contributed by atoms with Gasteiger partial charge in [-0.05, 0) is 44.0 Å². The molecule has 0 unspecified atom stereocenters. The van der Waals surface area contributed by atoms with Crippen LogP contribution in [0.15, 0.2) is 35.1 Å². The zero-order chi connectivity index (χ0) is 22.1. The van der Waals surface area contributed by atoms with E-state index in [2.05, 4.69) is 31.7 Å². The van der Waals surface area contributed by atoms with Crippen LogP contribution in [-0.2, 0) is 0 Å². The lowest BCUT2D eigenvalue weighted by molar-refractivity contribution is 0.146. The molecule has 6 nitrogen and oxygen atoms in total. The number of nitrogens with one attached hydrogen (secondary N) is 3. The van der Waals surface area contributed by atoms with Gasteiger partial charge in [-0.25, -0.2) is 22.9 Å². The van der Waals surface area contributed by atoms with Crippen LogP contribution in [0.25, 0.3) is 16.6 Å². The Labute approximate surface area is 176 Å². The summed E-state index contributed by atoms with van der Waals surface area (Å²) in [6.07, 6.45) is 0.0216. The number of H-pyrrole nitrogens is 1. The maximum atomic E-state index is 14.6. The first-order valence-corrected chi connectivity index (χ1v) is 10.00. The summed E-state index contributed by atoms with van der Waals surface area (Å²) in [4.78, 5) is 23.3. The maximum Gasteiger partial charge on any atom is 0.348 e. The molecular formula is C22H22F3N5O. The molecule has 0 saturated heterocycles. The predicted octanol–water partition coefficient (Wildman–Crippen LogP) is 4.25. The number of rotatable bonds is 5. The fourth-order valence-electron chi connectivity index (χ4n) is 3.83. The third-order valence-electron chi connectivity index (χ3n) is 5.43. The summed E-state index contributed by atoms with van der Waals surface area (Å²) < 4.78 is 40.8. The first kappa shape index (κ1) is 21.0. The average Bonchev–Trinajstić information content (AvgIpc) is 2.73. The van der Waals surface area contributed by atoms with Gasteiger partial charge in [0.1, 0.15) is 17.3 Å². The number of hydrogen-bond donors (Lipinski definition) is 3. The zero-order valence-electron chi connectivity index (χ0n) is 17.1. The second-order valence-electron chi connectivity index (χ2n) is 7.51. The van der Waals surface area contributed by atoms with E-state index in [0.29, 0.717) is 11.0 Å². The van der Waals surface area contributed by atoms with Gasteiger partial charge in [0.25, 0.3) is 6.43 Å². The van der Waals surface area contributed by atoms with Gasteiger partial charge in [0.05, 0.1) is 17.0 Å². The number of benzene rings is 1. The van der Waals surface area contributed by atoms with Crippen LogP contribution in [0.2, 0.25) is 0 Å². The lowest BCUT2D eigenvalue weighted by Crippen LogP contribution is -2.21. The van der Waals surface area contributed by atoms with Gasteiger partial charge in [0, 0.05) is 17.8 Å². The van der Waals surface area contributed by atoms with Crippen LogP contribution in [0, 0.1) is 12.7 Å². The molecule has 0 spiro atoms. The van der Waals surface area contributed by atoms with Crippen LogP contribution in [0.4, 0.5) is 19.0 Å². The van der Waals surface area contributed by atoms with Crippen molar-refractivity contribution in [3.05, 3.63) is 69.0 Å². The van der Waals surface area contributed by atoms with Crippen molar-refractivity contribution in [1.29, 1.82) is 0 Å². The summed E-state index contributed by atoms with van der Waals surface area (Å²) in [5.41, 5.74) is 2.02. The van der Waals surface area contributed by atoms with E-state index in [1.165, 1.54) is 12.1 Å². The molecule has 0 aliphatic carbocycles. The van der Waals surface area contributed by atoms with Gasteiger partial charge in [-0.1, -0.05) is 24.3 Å². The number of nitrogens with zero attached hydrogens (tertiary/aromatic N) is 2. The Morgan fingerprint density at radius 3 is 2.68 bits per heavy atom. The Morgan fingerprint density at radius 2 is 1.97 bits per heavy atom. The summed E-state index contributed by atoms with van der Waals surface area (Å²) >= 11 is 0. The Kier molecular flexibility index (Phi) is 5.77. The van der Waals surface area contributed by atoms with E-state index in [4.69, 9.17) is 0 Å². The molecule has 0 bridgehead atoms. The van der Waals surface area contributed by atoms with Crippen LogP contribution in [0.3, 0.4) is 0 Å². The number of alkyl halides is 2. The van der Waals surface area contributed by atoms with Crippen molar-refractivity contribution < 1.29 is 13.2 Å². The molecule has 3 N–H and O–H groups in total. The van der Waals surface area contributed by atoms with Crippen molar-refractivity contribution in [2.75, 3.05) is 18.4 Å². The van der Waals surface area contributed by atoms with Crippen LogP contribution >= 0.6 is 0 Å². The van der Waals surface area contributed by atoms with Crippen LogP contribution in [-0.4, -0.2) is 28.0 Å². The number of hydrogen-bond acceptors (Lipinski definition) is 5. The predicted molar refractivity (Wildman–Crippen MR) is 114 cm³/mol. The number of halogens is 3. The Bertz CT molecular complexity index is 1220. The van der Waals surface area contributed by atoms with E-state index >= 15 is 0 Å². The summed E-state index contributed by atoms with van der Waals surface area (Å²) in [7, 11) is 0. The van der Waals surface area contributed by atoms with Gasteiger partial charge in [-0.2, -0.15) is 4.98 Å². The van der Waals surface area contributed by atoms with Gasteiger partial charge in [-0.15, -0.1) is 0 Å². The number of pyridine rings is 1. The highest BCUT2D eigenvalue weighted by Crippen LogP contribution is 2.31. The van der Waals surface area contributed by atoms with Crippen LogP contribution < -0.4 is 16.3 Å². The van der Waals surface area contributed by atoms with Crippen LogP contribution in [0.1, 0.15) is 48.2 Å². The molecule has 0 amide bonds. The first-order valence-electron chi connectivity index (χ1n) is 10.00. The molecule has 3 aromatic rings. The van der Waals surface area contributed by atoms with Crippen molar-refractivity contribution in [3.8, 4) is 0 Å². The van der Waals surface area contributed by atoms with Crippen molar-refractivity contribution >= 4 is 22.4 Å². The number of anilines is 1. The quantitative estimate of drug-likeness (QED) is 0.565. The van der Waals surface area contributed by atoms with Crippen molar-refractivity contribution in [2.45, 2.75) is 32.7 Å². The van der Waals surface area contributed by atoms with Gasteiger partial charge in [0.15, 0.2) is 0 Å². The van der Waals surface area contributed by atoms with Gasteiger partial charge in [0.2, 0.25) is 0 Å². The minimum atomic E-state index is -2.92. The lowest BCUT2D eigenvalue weighted by Gasteiger charge is -2.19. The highest BCUT2D eigenvalue weighted by molar-refractivity contribution is 5.89. The first-order chi connectivity index (χ1) is 14.8. The minimum Gasteiger partial charge on any atom is -0.363 e. The standard InChI is InChI=1S/C22H22F3N5O/c1-11(14-4-3-5-15(18(14)23)19(24)25)27-20-17-10-16(13-6-8-26-9-7-13)12(2)28-21(17)30-22(31)29-20/h3-6,10-11,19,26H,7-9H2,1-2H3,(H2,27,28,29,30,31)/t11-/m1/s1. The zero-order valence-corrected chi connectivity index (χ0v) is 17.1. The molecule has 3 heterocycles. The molecule has 1 aliphatic rings. The number of fused-ring (bicyclic) bond motifs is 1. The molecule has 0 radical (unpaired) electrons. The highest BCUT2D eigenvalue weighted by Gasteiger charge is 2.21. The van der Waals surface area contributed by atoms with Gasteiger partial charge >= 0.3 is 5.69 Å². The molecule has 0 saturated carbocycles. The third kappa shape index (κ3) is 4.18.